The summed E-state index contributed by atoms with van der Waals surface area (Å²) in [5, 5.41) is 0. The maximum absolute atomic E-state index is 2.44. The Morgan fingerprint density at radius 1 is 0.714 bits per heavy atom. The molecule has 6 aliphatic carbocycles. The van der Waals surface area contributed by atoms with Gasteiger partial charge >= 0.3 is 0 Å². The molecule has 0 atom stereocenters. The van der Waals surface area contributed by atoms with E-state index in [0.717, 1.165) is 11.8 Å². The summed E-state index contributed by atoms with van der Waals surface area (Å²) in [6.07, 6.45) is 18.4. The Balaban J connectivity index is 1.89. The van der Waals surface area contributed by atoms with Gasteiger partial charge in [0.1, 0.15) is 0 Å². The predicted octanol–water partition coefficient (Wildman–Crippen LogP) is 2.78. The second kappa shape index (κ2) is 1.42. The largest absolute Gasteiger partial charge is 0.0733 e. The van der Waals surface area contributed by atoms with Crippen molar-refractivity contribution in [2.24, 2.45) is 22.7 Å². The van der Waals surface area contributed by atoms with Crippen molar-refractivity contribution < 1.29 is 0 Å². The molecule has 2 bridgehead atoms. The van der Waals surface area contributed by atoms with Gasteiger partial charge in [-0.2, -0.15) is 0 Å². The highest BCUT2D eigenvalue weighted by molar-refractivity contribution is 5.75. The summed E-state index contributed by atoms with van der Waals surface area (Å²) in [4.78, 5) is 0. The van der Waals surface area contributed by atoms with E-state index in [-0.39, 0.29) is 0 Å². The van der Waals surface area contributed by atoms with E-state index in [2.05, 4.69) is 48.6 Å². The highest BCUT2D eigenvalue weighted by atomic mass is 15.0. The lowest BCUT2D eigenvalue weighted by Gasteiger charge is -2.22. The molecule has 0 amide bonds. The van der Waals surface area contributed by atoms with E-state index >= 15 is 0 Å². The van der Waals surface area contributed by atoms with Gasteiger partial charge in [0.05, 0.1) is 0 Å². The zero-order valence-electron chi connectivity index (χ0n) is 7.77. The average Bonchev–Trinajstić information content (AvgIpc) is 3.05. The quantitative estimate of drug-likeness (QED) is 0.535. The highest BCUT2D eigenvalue weighted by Gasteiger charge is 2.95. The van der Waals surface area contributed by atoms with Gasteiger partial charge in [0.2, 0.25) is 0 Å². The van der Waals surface area contributed by atoms with Crippen molar-refractivity contribution in [1.29, 1.82) is 0 Å². The topological polar surface area (TPSA) is 0 Å². The summed E-state index contributed by atoms with van der Waals surface area (Å²) < 4.78 is 0. The summed E-state index contributed by atoms with van der Waals surface area (Å²) >= 11 is 0. The molecule has 6 rings (SSSR count). The minimum Gasteiger partial charge on any atom is -0.0733 e. The van der Waals surface area contributed by atoms with E-state index in [1.807, 2.05) is 0 Å². The molecule has 66 valence electrons. The third-order valence-corrected chi connectivity index (χ3v) is 4.89. The molecule has 0 radical (unpaired) electrons. The first kappa shape index (κ1) is 6.23. The Labute approximate surface area is 83.0 Å². The van der Waals surface area contributed by atoms with Crippen LogP contribution in [0.4, 0.5) is 0 Å². The first-order chi connectivity index (χ1) is 6.92. The zero-order chi connectivity index (χ0) is 8.97. The van der Waals surface area contributed by atoms with Gasteiger partial charge in [-0.25, -0.2) is 0 Å². The van der Waals surface area contributed by atoms with Crippen LogP contribution in [0.3, 0.4) is 0 Å². The SMILES string of the molecule is C1=CC2=C3C=CC=CC34C3C4C23C=C1. The normalized spacial score (nSPS) is 57.1. The fourth-order valence-corrected chi connectivity index (χ4v) is 4.44. The molecule has 0 aromatic rings. The van der Waals surface area contributed by atoms with Crippen LogP contribution in [-0.2, 0) is 0 Å². The molecule has 0 aromatic carbocycles. The van der Waals surface area contributed by atoms with Crippen LogP contribution >= 0.6 is 0 Å². The van der Waals surface area contributed by atoms with Gasteiger partial charge in [-0.1, -0.05) is 48.6 Å². The summed E-state index contributed by atoms with van der Waals surface area (Å²) in [7, 11) is 0. The Morgan fingerprint density at radius 3 is 1.71 bits per heavy atom. The van der Waals surface area contributed by atoms with E-state index in [9.17, 15) is 0 Å². The maximum Gasteiger partial charge on any atom is 0.0225 e. The molecule has 2 saturated carbocycles. The van der Waals surface area contributed by atoms with Crippen LogP contribution in [0.5, 0.6) is 0 Å². The van der Waals surface area contributed by atoms with Crippen molar-refractivity contribution in [1.82, 2.24) is 0 Å². The van der Waals surface area contributed by atoms with Crippen molar-refractivity contribution in [2.75, 3.05) is 0 Å². The van der Waals surface area contributed by atoms with Gasteiger partial charge in [-0.3, -0.25) is 0 Å². The van der Waals surface area contributed by atoms with Crippen molar-refractivity contribution >= 4 is 0 Å². The molecule has 0 aliphatic heterocycles. The van der Waals surface area contributed by atoms with E-state index in [4.69, 9.17) is 0 Å². The lowest BCUT2D eigenvalue weighted by Crippen LogP contribution is -2.16. The van der Waals surface area contributed by atoms with Gasteiger partial charge in [-0.05, 0) is 23.0 Å². The molecule has 0 heteroatoms. The lowest BCUT2D eigenvalue weighted by molar-refractivity contribution is 0.450. The van der Waals surface area contributed by atoms with E-state index < -0.39 is 0 Å². The molecule has 14 heavy (non-hydrogen) atoms. The van der Waals surface area contributed by atoms with Gasteiger partial charge in [0.15, 0.2) is 0 Å². The smallest absolute Gasteiger partial charge is 0.0225 e. The molecule has 0 unspecified atom stereocenters. The van der Waals surface area contributed by atoms with E-state index in [0.29, 0.717) is 10.8 Å². The minimum absolute atomic E-state index is 0.503. The van der Waals surface area contributed by atoms with Crippen LogP contribution in [0.2, 0.25) is 0 Å². The van der Waals surface area contributed by atoms with Crippen LogP contribution in [0.1, 0.15) is 0 Å². The number of rotatable bonds is 0. The second-order valence-corrected chi connectivity index (χ2v) is 5.09. The second-order valence-electron chi connectivity index (χ2n) is 5.09. The molecule has 2 fully saturated rings. The highest BCUT2D eigenvalue weighted by Crippen LogP contribution is 2.99. The predicted molar refractivity (Wildman–Crippen MR) is 55.4 cm³/mol. The Hall–Kier alpha value is -1.30. The van der Waals surface area contributed by atoms with Gasteiger partial charge in [-0.15, -0.1) is 0 Å². The summed E-state index contributed by atoms with van der Waals surface area (Å²) in [5.74, 6) is 1.87. The van der Waals surface area contributed by atoms with Crippen LogP contribution in [0.25, 0.3) is 0 Å². The zero-order valence-corrected chi connectivity index (χ0v) is 7.77. The molecule has 0 aromatic heterocycles. The maximum atomic E-state index is 2.44. The first-order valence-corrected chi connectivity index (χ1v) is 5.39. The van der Waals surface area contributed by atoms with Gasteiger partial charge in [0, 0.05) is 10.8 Å². The fourth-order valence-electron chi connectivity index (χ4n) is 4.44. The van der Waals surface area contributed by atoms with Crippen LogP contribution < -0.4 is 0 Å². The molecule has 0 N–H and O–H groups in total. The Kier molecular flexibility index (Phi) is 0.633. The standard InChI is InChI=1S/C14H10/c1-3-7-13-9(5-1)10-6-2-4-8-14(10)11(13)12(13)14/h1-8,11-12H. The first-order valence-electron chi connectivity index (χ1n) is 5.39. The molecule has 6 aliphatic rings. The average molecular weight is 178 g/mol. The summed E-state index contributed by atoms with van der Waals surface area (Å²) in [5.41, 5.74) is 4.25. The summed E-state index contributed by atoms with van der Waals surface area (Å²) in [6.45, 7) is 0. The molecule has 0 nitrogen and oxygen atoms in total. The number of allylic oxidation sites excluding steroid dienone is 10. The lowest BCUT2D eigenvalue weighted by atomic mass is 9.80. The summed E-state index contributed by atoms with van der Waals surface area (Å²) in [6, 6.07) is 0. The molecular formula is C14H10. The van der Waals surface area contributed by atoms with Gasteiger partial charge < -0.3 is 0 Å². The molecule has 0 heterocycles. The van der Waals surface area contributed by atoms with Crippen molar-refractivity contribution in [3.05, 3.63) is 59.8 Å². The van der Waals surface area contributed by atoms with Crippen LogP contribution in [-0.4, -0.2) is 0 Å². The van der Waals surface area contributed by atoms with E-state index in [1.165, 1.54) is 0 Å². The number of hydrogen-bond donors (Lipinski definition) is 0. The molecule has 2 spiro atoms. The van der Waals surface area contributed by atoms with Crippen LogP contribution in [0, 0.1) is 22.7 Å². The van der Waals surface area contributed by atoms with E-state index in [1.54, 1.807) is 11.1 Å². The number of hydrogen-bond acceptors (Lipinski definition) is 0. The van der Waals surface area contributed by atoms with Crippen molar-refractivity contribution in [3.63, 3.8) is 0 Å². The van der Waals surface area contributed by atoms with Crippen LogP contribution in [0.15, 0.2) is 59.8 Å². The van der Waals surface area contributed by atoms with Crippen molar-refractivity contribution in [3.8, 4) is 0 Å². The Morgan fingerprint density at radius 2 is 1.21 bits per heavy atom. The molecule has 0 saturated heterocycles. The monoisotopic (exact) mass is 178 g/mol. The van der Waals surface area contributed by atoms with Crippen molar-refractivity contribution in [2.45, 2.75) is 0 Å². The molecular weight excluding hydrogens is 168 g/mol. The fraction of sp³-hybridized carbons (Fsp3) is 0.286. The minimum atomic E-state index is 0.503. The van der Waals surface area contributed by atoms with Gasteiger partial charge in [0.25, 0.3) is 0 Å². The third-order valence-electron chi connectivity index (χ3n) is 4.89. The third kappa shape index (κ3) is 0.336. The Bertz CT molecular complexity index is 466.